The van der Waals surface area contributed by atoms with E-state index < -0.39 is 17.7 Å². The van der Waals surface area contributed by atoms with Gasteiger partial charge in [-0.1, -0.05) is 6.07 Å². The molecule has 5 aromatic heterocycles. The largest absolute Gasteiger partial charge is 0.493 e. The lowest BCUT2D eigenvalue weighted by Gasteiger charge is -2.29. The average Bonchev–Trinajstić information content (AvgIpc) is 3.58. The Bertz CT molecular complexity index is 2210. The van der Waals surface area contributed by atoms with Crippen LogP contribution in [0.2, 0.25) is 0 Å². The highest BCUT2D eigenvalue weighted by molar-refractivity contribution is 6.01. The second-order valence-corrected chi connectivity index (χ2v) is 13.3. The standard InChI is InChI=1S/C37H38N6O4/c1-20-25-9-8-14-46-30(25)11-10-26(20)32-27-17-29(42(6)35(27)41-21(2)31(32)33(36(44)45)47-37(3,4)5)22-12-13-38-28(16-22)23-15-24-19-40-43(7)34(24)39-18-23/h10-13,15-19,33H,8-9,14H2,1-7H3,(H,44,45)/t33-/m0/s1. The number of carbonyl (C=O) groups is 1. The minimum atomic E-state index is -1.22. The molecule has 0 spiro atoms. The molecule has 47 heavy (non-hydrogen) atoms. The molecule has 0 saturated carbocycles. The van der Waals surface area contributed by atoms with Crippen LogP contribution in [0.1, 0.15) is 55.7 Å². The van der Waals surface area contributed by atoms with Crippen LogP contribution in [0, 0.1) is 13.8 Å². The fourth-order valence-corrected chi connectivity index (χ4v) is 6.74. The van der Waals surface area contributed by atoms with Crippen molar-refractivity contribution in [3.05, 3.63) is 77.4 Å². The van der Waals surface area contributed by atoms with Crippen LogP contribution in [-0.4, -0.2) is 52.6 Å². The number of rotatable bonds is 6. The first kappa shape index (κ1) is 30.6. The molecule has 0 bridgehead atoms. The minimum Gasteiger partial charge on any atom is -0.493 e. The Balaban J connectivity index is 1.46. The number of carboxylic acid groups (broad SMARTS) is 1. The van der Waals surface area contributed by atoms with Crippen molar-refractivity contribution in [2.75, 3.05) is 6.61 Å². The molecule has 0 aliphatic carbocycles. The monoisotopic (exact) mass is 630 g/mol. The van der Waals surface area contributed by atoms with Crippen LogP contribution < -0.4 is 4.74 Å². The first-order chi connectivity index (χ1) is 22.4. The molecule has 6 heterocycles. The molecule has 0 unspecified atom stereocenters. The van der Waals surface area contributed by atoms with E-state index in [0.717, 1.165) is 85.4 Å². The van der Waals surface area contributed by atoms with Crippen molar-refractivity contribution in [1.29, 1.82) is 0 Å². The number of hydrogen-bond acceptors (Lipinski definition) is 7. The van der Waals surface area contributed by atoms with Gasteiger partial charge in [-0.3, -0.25) is 9.67 Å². The van der Waals surface area contributed by atoms with E-state index in [-0.39, 0.29) is 0 Å². The Kier molecular flexibility index (Phi) is 7.35. The molecule has 1 atom stereocenters. The van der Waals surface area contributed by atoms with Crippen LogP contribution in [0.3, 0.4) is 0 Å². The molecule has 7 rings (SSSR count). The maximum Gasteiger partial charge on any atom is 0.337 e. The van der Waals surface area contributed by atoms with E-state index in [1.807, 2.05) is 78.3 Å². The van der Waals surface area contributed by atoms with Crippen LogP contribution >= 0.6 is 0 Å². The summed E-state index contributed by atoms with van der Waals surface area (Å²) >= 11 is 0. The number of hydrogen-bond donors (Lipinski definition) is 1. The number of benzene rings is 1. The van der Waals surface area contributed by atoms with E-state index in [2.05, 4.69) is 32.6 Å². The topological polar surface area (TPSA) is 117 Å². The molecule has 240 valence electrons. The lowest BCUT2D eigenvalue weighted by Crippen LogP contribution is -2.28. The molecule has 0 saturated heterocycles. The third kappa shape index (κ3) is 5.32. The van der Waals surface area contributed by atoms with Crippen molar-refractivity contribution < 1.29 is 19.4 Å². The third-order valence-electron chi connectivity index (χ3n) is 8.94. The number of fused-ring (bicyclic) bond motifs is 3. The summed E-state index contributed by atoms with van der Waals surface area (Å²) in [6.45, 7) is 10.3. The van der Waals surface area contributed by atoms with Crippen molar-refractivity contribution in [1.82, 2.24) is 29.3 Å². The first-order valence-corrected chi connectivity index (χ1v) is 15.8. The third-order valence-corrected chi connectivity index (χ3v) is 8.94. The lowest BCUT2D eigenvalue weighted by atomic mass is 9.87. The highest BCUT2D eigenvalue weighted by Gasteiger charge is 2.34. The summed E-state index contributed by atoms with van der Waals surface area (Å²) < 4.78 is 16.1. The highest BCUT2D eigenvalue weighted by Crippen LogP contribution is 2.45. The van der Waals surface area contributed by atoms with Crippen molar-refractivity contribution in [2.24, 2.45) is 14.1 Å². The van der Waals surface area contributed by atoms with Gasteiger partial charge in [-0.05, 0) is 94.5 Å². The van der Waals surface area contributed by atoms with Gasteiger partial charge >= 0.3 is 5.97 Å². The van der Waals surface area contributed by atoms with E-state index >= 15 is 0 Å². The van der Waals surface area contributed by atoms with E-state index in [9.17, 15) is 9.90 Å². The van der Waals surface area contributed by atoms with Crippen molar-refractivity contribution in [2.45, 2.75) is 59.2 Å². The molecule has 0 fully saturated rings. The molecular formula is C37H38N6O4. The zero-order chi connectivity index (χ0) is 33.2. The number of nitrogens with zero attached hydrogens (tertiary/aromatic N) is 6. The van der Waals surface area contributed by atoms with E-state index in [1.165, 1.54) is 0 Å². The van der Waals surface area contributed by atoms with Gasteiger partial charge < -0.3 is 19.1 Å². The second-order valence-electron chi connectivity index (χ2n) is 13.3. The molecule has 0 radical (unpaired) electrons. The number of pyridine rings is 3. The van der Waals surface area contributed by atoms with E-state index in [4.69, 9.17) is 14.5 Å². The maximum atomic E-state index is 12.9. The first-order valence-electron chi connectivity index (χ1n) is 15.8. The molecule has 10 heteroatoms. The Hall–Kier alpha value is -5.09. The summed E-state index contributed by atoms with van der Waals surface area (Å²) in [5.41, 5.74) is 9.56. The lowest BCUT2D eigenvalue weighted by molar-refractivity contribution is -0.160. The summed E-state index contributed by atoms with van der Waals surface area (Å²) in [6.07, 6.45) is 6.03. The van der Waals surface area contributed by atoms with Crippen LogP contribution in [0.25, 0.3) is 55.7 Å². The molecular weight excluding hydrogens is 592 g/mol. The molecule has 1 aliphatic heterocycles. The van der Waals surface area contributed by atoms with Gasteiger partial charge in [-0.25, -0.2) is 14.8 Å². The van der Waals surface area contributed by atoms with Gasteiger partial charge in [-0.2, -0.15) is 5.10 Å². The van der Waals surface area contributed by atoms with Crippen LogP contribution in [-0.2, 0) is 30.0 Å². The summed E-state index contributed by atoms with van der Waals surface area (Å²) in [4.78, 5) is 27.2. The maximum absolute atomic E-state index is 12.9. The average molecular weight is 631 g/mol. The Morgan fingerprint density at radius 1 is 1.02 bits per heavy atom. The zero-order valence-electron chi connectivity index (χ0n) is 27.8. The second kappa shape index (κ2) is 11.3. The van der Waals surface area contributed by atoms with Gasteiger partial charge in [0.1, 0.15) is 11.4 Å². The molecule has 1 aliphatic rings. The van der Waals surface area contributed by atoms with Crippen molar-refractivity contribution in [3.8, 4) is 39.4 Å². The Labute approximate surface area is 273 Å². The fraction of sp³-hybridized carbons (Fsp3) is 0.324. The SMILES string of the molecule is Cc1nc2c(cc(-c3ccnc(-c4cnc5c(cnn5C)c4)c3)n2C)c(-c2ccc3c(c2C)CCCO3)c1[C@H](OC(C)(C)C)C(=O)O. The molecule has 0 amide bonds. The van der Waals surface area contributed by atoms with Crippen LogP contribution in [0.5, 0.6) is 5.75 Å². The Morgan fingerprint density at radius 3 is 2.60 bits per heavy atom. The van der Waals surface area contributed by atoms with Gasteiger partial charge in [0.15, 0.2) is 11.8 Å². The Morgan fingerprint density at radius 2 is 1.83 bits per heavy atom. The highest BCUT2D eigenvalue weighted by atomic mass is 16.5. The smallest absolute Gasteiger partial charge is 0.337 e. The summed E-state index contributed by atoms with van der Waals surface area (Å²) in [5.74, 6) is -0.169. The predicted molar refractivity (Wildman–Crippen MR) is 181 cm³/mol. The fourth-order valence-electron chi connectivity index (χ4n) is 6.74. The zero-order valence-corrected chi connectivity index (χ0v) is 27.8. The summed E-state index contributed by atoms with van der Waals surface area (Å²) in [5, 5.41) is 16.7. The summed E-state index contributed by atoms with van der Waals surface area (Å²) in [7, 11) is 3.86. The number of aromatic nitrogens is 6. The number of aryl methyl sites for hydroxylation is 3. The van der Waals surface area contributed by atoms with Crippen molar-refractivity contribution >= 4 is 28.0 Å². The van der Waals surface area contributed by atoms with Crippen LogP contribution in [0.15, 0.2) is 55.0 Å². The normalized spacial score (nSPS) is 13.9. The molecule has 1 aromatic carbocycles. The van der Waals surface area contributed by atoms with Gasteiger partial charge in [0.25, 0.3) is 0 Å². The quantitative estimate of drug-likeness (QED) is 0.207. The van der Waals surface area contributed by atoms with Gasteiger partial charge in [0, 0.05) is 65.2 Å². The van der Waals surface area contributed by atoms with E-state index in [0.29, 0.717) is 17.9 Å². The predicted octanol–water partition coefficient (Wildman–Crippen LogP) is 7.13. The van der Waals surface area contributed by atoms with Crippen LogP contribution in [0.4, 0.5) is 0 Å². The van der Waals surface area contributed by atoms with Gasteiger partial charge in [-0.15, -0.1) is 0 Å². The number of carboxylic acids is 1. The molecule has 10 nitrogen and oxygen atoms in total. The molecule has 1 N–H and O–H groups in total. The minimum absolute atomic E-state index is 0.558. The van der Waals surface area contributed by atoms with Gasteiger partial charge in [0.05, 0.1) is 29.8 Å². The number of aliphatic carboxylic acids is 1. The molecule has 6 aromatic rings. The number of ether oxygens (including phenoxy) is 2. The summed E-state index contributed by atoms with van der Waals surface area (Å²) in [6, 6.07) is 12.2. The van der Waals surface area contributed by atoms with Crippen molar-refractivity contribution in [3.63, 3.8) is 0 Å². The van der Waals surface area contributed by atoms with E-state index in [1.54, 1.807) is 17.1 Å². The van der Waals surface area contributed by atoms with Gasteiger partial charge in [0.2, 0.25) is 0 Å².